The third-order valence-corrected chi connectivity index (χ3v) is 6.33. The first-order valence-corrected chi connectivity index (χ1v) is 9.31. The average Bonchev–Trinajstić information content (AvgIpc) is 3.11. The van der Waals surface area contributed by atoms with Crippen LogP contribution < -0.4 is 10.1 Å². The lowest BCUT2D eigenvalue weighted by molar-refractivity contribution is 0.103. The highest BCUT2D eigenvalue weighted by atomic mass is 35.5. The number of thiophene rings is 1. The Balaban J connectivity index is 1.91. The number of methoxy groups -OCH3 is 1. The van der Waals surface area contributed by atoms with E-state index in [2.05, 4.69) is 15.5 Å². The van der Waals surface area contributed by atoms with Gasteiger partial charge < -0.3 is 4.74 Å². The van der Waals surface area contributed by atoms with Gasteiger partial charge in [-0.15, -0.1) is 21.5 Å². The number of halogens is 1. The fourth-order valence-corrected chi connectivity index (χ4v) is 4.37. The maximum absolute atomic E-state index is 12.4. The van der Waals surface area contributed by atoms with Crippen LogP contribution in [0.2, 0.25) is 5.02 Å². The van der Waals surface area contributed by atoms with Gasteiger partial charge in [0.1, 0.15) is 10.6 Å². The van der Waals surface area contributed by atoms with E-state index in [0.29, 0.717) is 20.8 Å². The smallest absolute Gasteiger partial charge is 0.269 e. The largest absolute Gasteiger partial charge is 0.497 e. The van der Waals surface area contributed by atoms with Crippen LogP contribution in [-0.4, -0.2) is 29.5 Å². The zero-order valence-corrected chi connectivity index (χ0v) is 14.8. The van der Waals surface area contributed by atoms with Gasteiger partial charge >= 0.3 is 0 Å². The fourth-order valence-electron chi connectivity index (χ4n) is 1.82. The van der Waals surface area contributed by atoms with E-state index < -0.39 is 0 Å². The summed E-state index contributed by atoms with van der Waals surface area (Å²) < 4.78 is 6.91. The van der Waals surface area contributed by atoms with Gasteiger partial charge in [-0.3, -0.25) is 10.1 Å². The van der Waals surface area contributed by atoms with Crippen LogP contribution in [0, 0.1) is 0 Å². The lowest BCUT2D eigenvalue weighted by Crippen LogP contribution is -2.10. The number of hydrogen-bond acceptors (Lipinski definition) is 7. The van der Waals surface area contributed by atoms with Gasteiger partial charge in [-0.2, -0.15) is 0 Å². The number of thioether (sulfide) groups is 1. The molecule has 0 saturated carbocycles. The van der Waals surface area contributed by atoms with Gasteiger partial charge in [0.05, 0.1) is 12.1 Å². The molecule has 0 aliphatic rings. The van der Waals surface area contributed by atoms with E-state index in [9.17, 15) is 4.79 Å². The second-order valence-electron chi connectivity index (χ2n) is 4.14. The first-order chi connectivity index (χ1) is 10.6. The van der Waals surface area contributed by atoms with E-state index in [1.54, 1.807) is 7.11 Å². The molecule has 9 heteroatoms. The number of anilines is 1. The molecule has 0 aliphatic carbocycles. The molecule has 0 aliphatic heterocycles. The normalized spacial score (nSPS) is 10.9. The molecule has 114 valence electrons. The summed E-state index contributed by atoms with van der Waals surface area (Å²) in [6.07, 6.45) is 1.91. The summed E-state index contributed by atoms with van der Waals surface area (Å²) in [4.78, 5) is 12.8. The standard InChI is InChI=1S/C13H10ClN3O2S3/c1-19-6-3-4-8-7(5-6)9(14)10(21-8)11(18)15-12-16-17-13(20-2)22-12/h3-5H,1-2H3,(H,15,16,18). The van der Waals surface area contributed by atoms with Crippen molar-refractivity contribution in [3.8, 4) is 5.75 Å². The van der Waals surface area contributed by atoms with Crippen molar-refractivity contribution in [1.29, 1.82) is 0 Å². The number of rotatable bonds is 4. The van der Waals surface area contributed by atoms with Gasteiger partial charge in [-0.1, -0.05) is 34.7 Å². The number of benzene rings is 1. The molecule has 22 heavy (non-hydrogen) atoms. The molecule has 0 fully saturated rings. The number of nitrogens with one attached hydrogen (secondary N) is 1. The molecule has 0 saturated heterocycles. The monoisotopic (exact) mass is 371 g/mol. The highest BCUT2D eigenvalue weighted by Gasteiger charge is 2.19. The van der Waals surface area contributed by atoms with Crippen molar-refractivity contribution in [2.75, 3.05) is 18.7 Å². The molecule has 2 aromatic heterocycles. The van der Waals surface area contributed by atoms with Crippen molar-refractivity contribution in [2.24, 2.45) is 0 Å². The van der Waals surface area contributed by atoms with Gasteiger partial charge in [-0.05, 0) is 24.5 Å². The summed E-state index contributed by atoms with van der Waals surface area (Å²) in [6, 6.07) is 5.55. The number of carbonyl (C=O) groups is 1. The summed E-state index contributed by atoms with van der Waals surface area (Å²) in [5.41, 5.74) is 0. The molecule has 0 radical (unpaired) electrons. The van der Waals surface area contributed by atoms with E-state index >= 15 is 0 Å². The molecule has 3 aromatic rings. The maximum atomic E-state index is 12.4. The molecule has 0 bridgehead atoms. The van der Waals surface area contributed by atoms with Crippen LogP contribution in [0.15, 0.2) is 22.5 Å². The van der Waals surface area contributed by atoms with E-state index in [-0.39, 0.29) is 5.91 Å². The van der Waals surface area contributed by atoms with Crippen molar-refractivity contribution >= 4 is 67.2 Å². The van der Waals surface area contributed by atoms with Gasteiger partial charge in [0.25, 0.3) is 5.91 Å². The topological polar surface area (TPSA) is 64.1 Å². The number of aromatic nitrogens is 2. The molecule has 3 rings (SSSR count). The molecule has 0 atom stereocenters. The Bertz CT molecular complexity index is 846. The summed E-state index contributed by atoms with van der Waals surface area (Å²) in [6.45, 7) is 0. The molecular formula is C13H10ClN3O2S3. The lowest BCUT2D eigenvalue weighted by atomic mass is 10.2. The third kappa shape index (κ3) is 2.91. The van der Waals surface area contributed by atoms with Crippen molar-refractivity contribution in [3.05, 3.63) is 28.1 Å². The Morgan fingerprint density at radius 2 is 2.18 bits per heavy atom. The summed E-state index contributed by atoms with van der Waals surface area (Å²) >= 11 is 10.5. The van der Waals surface area contributed by atoms with Crippen LogP contribution in [0.1, 0.15) is 9.67 Å². The van der Waals surface area contributed by atoms with E-state index in [1.165, 1.54) is 34.4 Å². The Morgan fingerprint density at radius 3 is 2.86 bits per heavy atom. The van der Waals surface area contributed by atoms with Crippen LogP contribution in [0.25, 0.3) is 10.1 Å². The highest BCUT2D eigenvalue weighted by molar-refractivity contribution is 8.00. The van der Waals surface area contributed by atoms with Crippen LogP contribution in [0.3, 0.4) is 0 Å². The summed E-state index contributed by atoms with van der Waals surface area (Å²) in [5, 5.41) is 12.3. The van der Waals surface area contributed by atoms with Crippen molar-refractivity contribution in [3.63, 3.8) is 0 Å². The molecular weight excluding hydrogens is 362 g/mol. The quantitative estimate of drug-likeness (QED) is 0.544. The first kappa shape index (κ1) is 15.5. The Morgan fingerprint density at radius 1 is 1.36 bits per heavy atom. The fraction of sp³-hybridized carbons (Fsp3) is 0.154. The predicted molar refractivity (Wildman–Crippen MR) is 93.0 cm³/mol. The van der Waals surface area contributed by atoms with Crippen LogP contribution in [-0.2, 0) is 0 Å². The van der Waals surface area contributed by atoms with Crippen LogP contribution in [0.4, 0.5) is 5.13 Å². The minimum Gasteiger partial charge on any atom is -0.497 e. The minimum absolute atomic E-state index is 0.283. The Hall–Kier alpha value is -1.35. The van der Waals surface area contributed by atoms with Gasteiger partial charge in [0.2, 0.25) is 5.13 Å². The summed E-state index contributed by atoms with van der Waals surface area (Å²) in [5.74, 6) is 0.418. The van der Waals surface area contributed by atoms with E-state index in [0.717, 1.165) is 14.4 Å². The SMILES string of the molecule is COc1ccc2sc(C(=O)Nc3nnc(SC)s3)c(Cl)c2c1. The predicted octanol–water partition coefficient (Wildman–Crippen LogP) is 4.39. The van der Waals surface area contributed by atoms with Crippen molar-refractivity contribution < 1.29 is 9.53 Å². The van der Waals surface area contributed by atoms with E-state index in [4.69, 9.17) is 16.3 Å². The highest BCUT2D eigenvalue weighted by Crippen LogP contribution is 2.37. The molecule has 2 heterocycles. The van der Waals surface area contributed by atoms with Crippen molar-refractivity contribution in [1.82, 2.24) is 10.2 Å². The van der Waals surface area contributed by atoms with Crippen LogP contribution >= 0.6 is 46.0 Å². The second kappa shape index (κ2) is 6.41. The molecule has 1 N–H and O–H groups in total. The number of fused-ring (bicyclic) bond motifs is 1. The lowest BCUT2D eigenvalue weighted by Gasteiger charge is -1.99. The minimum atomic E-state index is -0.283. The van der Waals surface area contributed by atoms with Gasteiger partial charge in [0.15, 0.2) is 4.34 Å². The van der Waals surface area contributed by atoms with E-state index in [1.807, 2.05) is 24.5 Å². The number of ether oxygens (including phenoxy) is 1. The molecule has 0 spiro atoms. The zero-order valence-electron chi connectivity index (χ0n) is 11.5. The number of hydrogen-bond donors (Lipinski definition) is 1. The Labute approximate surface area is 143 Å². The second-order valence-corrected chi connectivity index (χ2v) is 7.60. The number of amides is 1. The molecule has 0 unspecified atom stereocenters. The Kier molecular flexibility index (Phi) is 4.53. The molecule has 1 amide bonds. The molecule has 1 aromatic carbocycles. The van der Waals surface area contributed by atoms with Gasteiger partial charge in [-0.25, -0.2) is 0 Å². The van der Waals surface area contributed by atoms with Gasteiger partial charge in [0, 0.05) is 10.1 Å². The zero-order chi connectivity index (χ0) is 15.7. The third-order valence-electron chi connectivity index (χ3n) is 2.84. The number of nitrogens with zero attached hydrogens (tertiary/aromatic N) is 2. The average molecular weight is 372 g/mol. The summed E-state index contributed by atoms with van der Waals surface area (Å²) in [7, 11) is 1.59. The maximum Gasteiger partial charge on any atom is 0.269 e. The van der Waals surface area contributed by atoms with Crippen LogP contribution in [0.5, 0.6) is 5.75 Å². The number of carbonyl (C=O) groups excluding carboxylic acids is 1. The molecule has 5 nitrogen and oxygen atoms in total. The van der Waals surface area contributed by atoms with Crippen molar-refractivity contribution in [2.45, 2.75) is 4.34 Å². The first-order valence-electron chi connectivity index (χ1n) is 6.07.